The molecule has 2 unspecified atom stereocenters. The van der Waals surface area contributed by atoms with Crippen molar-refractivity contribution in [2.75, 3.05) is 0 Å². The van der Waals surface area contributed by atoms with E-state index in [1.54, 1.807) is 6.92 Å². The maximum atomic E-state index is 11.3. The summed E-state index contributed by atoms with van der Waals surface area (Å²) in [6, 6.07) is 0. The normalized spacial score (nSPS) is 13.7. The number of hydrogen-bond acceptors (Lipinski definition) is 4. The third-order valence-electron chi connectivity index (χ3n) is 6.04. The van der Waals surface area contributed by atoms with E-state index in [0.717, 1.165) is 19.3 Å². The fourth-order valence-electron chi connectivity index (χ4n) is 3.95. The third kappa shape index (κ3) is 22.1. The third-order valence-corrected chi connectivity index (χ3v) is 7.29. The maximum absolute atomic E-state index is 11.3. The molecule has 0 aliphatic rings. The molecule has 0 saturated carbocycles. The molecule has 30 heavy (non-hydrogen) atoms. The molecule has 0 aromatic heterocycles. The second-order valence-corrected chi connectivity index (χ2v) is 10.5. The molecule has 4 nitrogen and oxygen atoms in total. The molecule has 0 spiro atoms. The van der Waals surface area contributed by atoms with Crippen molar-refractivity contribution in [1.29, 1.82) is 0 Å². The molecular weight excluding hydrogens is 407 g/mol. The van der Waals surface area contributed by atoms with Gasteiger partial charge in [0, 0.05) is 0 Å². The van der Waals surface area contributed by atoms with Crippen molar-refractivity contribution < 1.29 is 47.6 Å². The van der Waals surface area contributed by atoms with Gasteiger partial charge in [0.05, 0.1) is 21.5 Å². The van der Waals surface area contributed by atoms with Crippen LogP contribution in [-0.4, -0.2) is 29.4 Å². The minimum Gasteiger partial charge on any atom is -0.748 e. The van der Waals surface area contributed by atoms with Crippen molar-refractivity contribution in [3.8, 4) is 0 Å². The number of unbranched alkanes of at least 4 members (excludes halogenated alkanes) is 16. The fraction of sp³-hybridized carbons (Fsp3) is 1.00. The van der Waals surface area contributed by atoms with Crippen LogP contribution >= 0.6 is 0 Å². The van der Waals surface area contributed by atoms with Crippen LogP contribution in [0.3, 0.4) is 0 Å². The van der Waals surface area contributed by atoms with Gasteiger partial charge in [-0.25, -0.2) is 8.42 Å². The Bertz CT molecular complexity index is 442. The van der Waals surface area contributed by atoms with E-state index >= 15 is 0 Å². The minimum atomic E-state index is -4.30. The molecule has 0 aliphatic carbocycles. The van der Waals surface area contributed by atoms with Crippen molar-refractivity contribution in [3.05, 3.63) is 0 Å². The zero-order chi connectivity index (χ0) is 21.8. The van der Waals surface area contributed by atoms with Gasteiger partial charge in [-0.3, -0.25) is 0 Å². The molecule has 0 fully saturated rings. The summed E-state index contributed by atoms with van der Waals surface area (Å²) in [6.45, 7) is 4.07. The van der Waals surface area contributed by atoms with Crippen LogP contribution in [0.15, 0.2) is 0 Å². The molecule has 0 radical (unpaired) electrons. The van der Waals surface area contributed by atoms with Gasteiger partial charge in [0.1, 0.15) is 0 Å². The Morgan fingerprint density at radius 1 is 0.667 bits per heavy atom. The average molecular weight is 457 g/mol. The van der Waals surface area contributed by atoms with Crippen LogP contribution in [0.2, 0.25) is 0 Å². The molecule has 0 amide bonds. The second kappa shape index (κ2) is 23.0. The topological polar surface area (TPSA) is 77.4 Å². The van der Waals surface area contributed by atoms with Crippen molar-refractivity contribution in [1.82, 2.24) is 0 Å². The van der Waals surface area contributed by atoms with Gasteiger partial charge in [0.25, 0.3) is 0 Å². The number of aliphatic hydroxyl groups is 1. The van der Waals surface area contributed by atoms with Gasteiger partial charge in [-0.1, -0.05) is 123 Å². The summed E-state index contributed by atoms with van der Waals surface area (Å²) in [6.07, 6.45) is 22.2. The smallest absolute Gasteiger partial charge is 0.748 e. The maximum Gasteiger partial charge on any atom is 1.00 e. The van der Waals surface area contributed by atoms with Crippen LogP contribution < -0.4 is 29.6 Å². The van der Waals surface area contributed by atoms with Gasteiger partial charge >= 0.3 is 29.6 Å². The average Bonchev–Trinajstić information content (AvgIpc) is 2.68. The van der Waals surface area contributed by atoms with E-state index in [0.29, 0.717) is 12.8 Å². The molecular formula is C24H49NaO4S. The Morgan fingerprint density at radius 2 is 1.00 bits per heavy atom. The van der Waals surface area contributed by atoms with E-state index < -0.39 is 21.5 Å². The van der Waals surface area contributed by atoms with Gasteiger partial charge in [-0.05, 0) is 19.3 Å². The molecule has 0 aromatic carbocycles. The van der Waals surface area contributed by atoms with Gasteiger partial charge in [0.2, 0.25) is 0 Å². The first-order valence-electron chi connectivity index (χ1n) is 12.5. The van der Waals surface area contributed by atoms with Gasteiger partial charge in [-0.2, -0.15) is 0 Å². The summed E-state index contributed by atoms with van der Waals surface area (Å²) in [5.41, 5.74) is 0. The zero-order valence-electron chi connectivity index (χ0n) is 20.4. The number of aliphatic hydroxyl groups excluding tert-OH is 1. The summed E-state index contributed by atoms with van der Waals surface area (Å²) in [5.74, 6) is 0. The number of rotatable bonds is 22. The van der Waals surface area contributed by atoms with Crippen molar-refractivity contribution in [2.45, 2.75) is 154 Å². The van der Waals surface area contributed by atoms with Crippen LogP contribution in [0.4, 0.5) is 0 Å². The Morgan fingerprint density at radius 3 is 1.30 bits per heavy atom. The van der Waals surface area contributed by atoms with E-state index in [9.17, 15) is 18.1 Å². The van der Waals surface area contributed by atoms with Crippen molar-refractivity contribution in [3.63, 3.8) is 0 Å². The molecule has 2 atom stereocenters. The predicted octanol–water partition coefficient (Wildman–Crippen LogP) is 4.11. The Kier molecular flexibility index (Phi) is 25.4. The molecule has 6 heteroatoms. The molecule has 0 heterocycles. The first-order valence-corrected chi connectivity index (χ1v) is 14.0. The summed E-state index contributed by atoms with van der Waals surface area (Å²) in [5, 5.41) is 8.71. The summed E-state index contributed by atoms with van der Waals surface area (Å²) in [4.78, 5) is 0. The van der Waals surface area contributed by atoms with Gasteiger partial charge in [0.15, 0.2) is 0 Å². The molecule has 1 N–H and O–H groups in total. The summed E-state index contributed by atoms with van der Waals surface area (Å²) >= 11 is 0. The first kappa shape index (κ1) is 33.0. The molecule has 0 bridgehead atoms. The molecule has 176 valence electrons. The first-order chi connectivity index (χ1) is 13.9. The van der Waals surface area contributed by atoms with E-state index in [1.807, 2.05) is 0 Å². The van der Waals surface area contributed by atoms with Crippen LogP contribution in [0.25, 0.3) is 0 Å². The monoisotopic (exact) mass is 456 g/mol. The zero-order valence-corrected chi connectivity index (χ0v) is 23.2. The Hall–Kier alpha value is 0.870. The number of hydrogen-bond donors (Lipinski definition) is 1. The molecule has 0 aliphatic heterocycles. The standard InChI is InChI=1S/C24H50O4S.Na/c1-3-5-6-7-8-9-10-11-12-13-14-15-16-17-18-19-20-21-24(29(26,27)28)22-23(25)4-2;/h23-25H,3-22H2,1-2H3,(H,26,27,28);/q;+1/p-1. The predicted molar refractivity (Wildman–Crippen MR) is 123 cm³/mol. The SMILES string of the molecule is CCCCCCCCCCCCCCCCCCCC(CC(O)CC)S(=O)(=O)[O-].[Na+]. The van der Waals surface area contributed by atoms with Crippen LogP contribution in [0, 0.1) is 0 Å². The summed E-state index contributed by atoms with van der Waals surface area (Å²) in [7, 11) is -4.30. The Balaban J connectivity index is 0. The van der Waals surface area contributed by atoms with E-state index in [4.69, 9.17) is 0 Å². The van der Waals surface area contributed by atoms with Crippen LogP contribution in [-0.2, 0) is 10.1 Å². The van der Waals surface area contributed by atoms with E-state index in [1.165, 1.54) is 89.9 Å². The molecule has 0 aromatic rings. The van der Waals surface area contributed by atoms with Crippen molar-refractivity contribution >= 4 is 10.1 Å². The molecule has 0 rings (SSSR count). The summed E-state index contributed by atoms with van der Waals surface area (Å²) < 4.78 is 34.0. The Labute approximate surface area is 210 Å². The quantitative estimate of drug-likeness (QED) is 0.151. The minimum absolute atomic E-state index is 0. The van der Waals surface area contributed by atoms with Crippen LogP contribution in [0.1, 0.15) is 142 Å². The second-order valence-electron chi connectivity index (χ2n) is 8.86. The van der Waals surface area contributed by atoms with Crippen LogP contribution in [0.5, 0.6) is 0 Å². The largest absolute Gasteiger partial charge is 1.00 e. The molecule has 0 saturated heterocycles. The van der Waals surface area contributed by atoms with Gasteiger partial charge in [-0.15, -0.1) is 0 Å². The van der Waals surface area contributed by atoms with E-state index in [2.05, 4.69) is 6.92 Å². The van der Waals surface area contributed by atoms with E-state index in [-0.39, 0.29) is 36.0 Å². The fourth-order valence-corrected chi connectivity index (χ4v) is 4.86. The van der Waals surface area contributed by atoms with Gasteiger partial charge < -0.3 is 9.66 Å². The van der Waals surface area contributed by atoms with Crippen molar-refractivity contribution in [2.24, 2.45) is 0 Å².